The van der Waals surface area contributed by atoms with Crippen molar-refractivity contribution in [2.24, 2.45) is 0 Å². The number of aromatic nitrogens is 2. The quantitative estimate of drug-likeness (QED) is 0.909. The first-order valence-corrected chi connectivity index (χ1v) is 8.04. The van der Waals surface area contributed by atoms with Crippen LogP contribution < -0.4 is 10.1 Å². The third kappa shape index (κ3) is 2.72. The molecule has 2 atom stereocenters. The SMILES string of the molecule is CNC1CC(c2cncn2C(C)C)Oc2ccc(Br)cc21. The highest BCUT2D eigenvalue weighted by atomic mass is 79.9. The van der Waals surface area contributed by atoms with Crippen LogP contribution in [0.2, 0.25) is 0 Å². The smallest absolute Gasteiger partial charge is 0.142 e. The zero-order valence-corrected chi connectivity index (χ0v) is 14.1. The van der Waals surface area contributed by atoms with Crippen molar-refractivity contribution < 1.29 is 4.74 Å². The summed E-state index contributed by atoms with van der Waals surface area (Å²) < 4.78 is 9.49. The lowest BCUT2D eigenvalue weighted by Gasteiger charge is -2.33. The van der Waals surface area contributed by atoms with E-state index in [9.17, 15) is 0 Å². The second kappa shape index (κ2) is 5.81. The van der Waals surface area contributed by atoms with Gasteiger partial charge in [0, 0.05) is 28.5 Å². The first-order chi connectivity index (χ1) is 10.1. The third-order valence-electron chi connectivity index (χ3n) is 4.00. The highest BCUT2D eigenvalue weighted by Gasteiger charge is 2.30. The minimum atomic E-state index is 0.0287. The summed E-state index contributed by atoms with van der Waals surface area (Å²) in [6, 6.07) is 6.85. The molecule has 1 aromatic carbocycles. The molecule has 0 spiro atoms. The molecule has 0 amide bonds. The Morgan fingerprint density at radius 2 is 2.24 bits per heavy atom. The van der Waals surface area contributed by atoms with Crippen LogP contribution in [0.15, 0.2) is 35.2 Å². The van der Waals surface area contributed by atoms with E-state index in [1.54, 1.807) is 0 Å². The Morgan fingerprint density at radius 3 is 2.95 bits per heavy atom. The standard InChI is InChI=1S/C16H20BrN3O/c1-10(2)20-9-19-8-14(20)16-7-13(18-3)12-6-11(17)4-5-15(12)21-16/h4-6,8-10,13,16,18H,7H2,1-3H3. The molecule has 112 valence electrons. The molecule has 0 aliphatic carbocycles. The second-order valence-electron chi connectivity index (χ2n) is 5.69. The molecule has 4 nitrogen and oxygen atoms in total. The fourth-order valence-electron chi connectivity index (χ4n) is 2.89. The minimum absolute atomic E-state index is 0.0287. The summed E-state index contributed by atoms with van der Waals surface area (Å²) in [5.74, 6) is 0.949. The fourth-order valence-corrected chi connectivity index (χ4v) is 3.27. The number of ether oxygens (including phenoxy) is 1. The summed E-state index contributed by atoms with van der Waals surface area (Å²) in [6.45, 7) is 4.32. The van der Waals surface area contributed by atoms with E-state index in [4.69, 9.17) is 4.74 Å². The number of fused-ring (bicyclic) bond motifs is 1. The van der Waals surface area contributed by atoms with Gasteiger partial charge in [-0.2, -0.15) is 0 Å². The van der Waals surface area contributed by atoms with Crippen LogP contribution in [0.25, 0.3) is 0 Å². The molecule has 2 aromatic rings. The molecule has 1 aliphatic heterocycles. The molecule has 0 fully saturated rings. The maximum atomic E-state index is 6.23. The molecule has 5 heteroatoms. The molecular weight excluding hydrogens is 330 g/mol. The Morgan fingerprint density at radius 1 is 1.43 bits per heavy atom. The van der Waals surface area contributed by atoms with E-state index >= 15 is 0 Å². The number of benzene rings is 1. The summed E-state index contributed by atoms with van der Waals surface area (Å²) in [5.41, 5.74) is 2.34. The van der Waals surface area contributed by atoms with Crippen LogP contribution in [0.4, 0.5) is 0 Å². The summed E-state index contributed by atoms with van der Waals surface area (Å²) >= 11 is 3.53. The monoisotopic (exact) mass is 349 g/mol. The van der Waals surface area contributed by atoms with Gasteiger partial charge < -0.3 is 14.6 Å². The van der Waals surface area contributed by atoms with Crippen molar-refractivity contribution in [2.45, 2.75) is 38.5 Å². The minimum Gasteiger partial charge on any atom is -0.484 e. The van der Waals surface area contributed by atoms with Crippen LogP contribution in [-0.2, 0) is 0 Å². The van der Waals surface area contributed by atoms with E-state index in [0.717, 1.165) is 22.3 Å². The van der Waals surface area contributed by atoms with Gasteiger partial charge in [-0.05, 0) is 39.1 Å². The van der Waals surface area contributed by atoms with Crippen molar-refractivity contribution in [3.05, 3.63) is 46.5 Å². The van der Waals surface area contributed by atoms with Crippen LogP contribution in [0, 0.1) is 0 Å². The zero-order chi connectivity index (χ0) is 15.0. The first-order valence-electron chi connectivity index (χ1n) is 7.25. The molecule has 2 unspecified atom stereocenters. The van der Waals surface area contributed by atoms with Crippen molar-refractivity contribution in [1.29, 1.82) is 0 Å². The van der Waals surface area contributed by atoms with E-state index in [1.165, 1.54) is 5.56 Å². The zero-order valence-electron chi connectivity index (χ0n) is 12.5. The maximum absolute atomic E-state index is 6.23. The lowest BCUT2D eigenvalue weighted by Crippen LogP contribution is -2.28. The number of imidazole rings is 1. The number of nitrogens with zero attached hydrogens (tertiary/aromatic N) is 2. The lowest BCUT2D eigenvalue weighted by molar-refractivity contribution is 0.144. The van der Waals surface area contributed by atoms with Crippen molar-refractivity contribution in [2.75, 3.05) is 7.05 Å². The average Bonchev–Trinajstić information content (AvgIpc) is 2.95. The number of rotatable bonds is 3. The summed E-state index contributed by atoms with van der Waals surface area (Å²) in [6.07, 6.45) is 4.73. The Hall–Kier alpha value is -1.33. The molecule has 21 heavy (non-hydrogen) atoms. The van der Waals surface area contributed by atoms with Gasteiger partial charge in [-0.3, -0.25) is 0 Å². The van der Waals surface area contributed by atoms with Crippen LogP contribution in [0.1, 0.15) is 49.7 Å². The van der Waals surface area contributed by atoms with Crippen LogP contribution in [0.3, 0.4) is 0 Å². The van der Waals surface area contributed by atoms with Gasteiger partial charge in [0.2, 0.25) is 0 Å². The Labute approximate surface area is 133 Å². The van der Waals surface area contributed by atoms with Gasteiger partial charge >= 0.3 is 0 Å². The Kier molecular flexibility index (Phi) is 4.04. The number of hydrogen-bond acceptors (Lipinski definition) is 3. The van der Waals surface area contributed by atoms with Crippen LogP contribution >= 0.6 is 15.9 Å². The van der Waals surface area contributed by atoms with E-state index in [0.29, 0.717) is 6.04 Å². The van der Waals surface area contributed by atoms with Crippen molar-refractivity contribution in [1.82, 2.24) is 14.9 Å². The maximum Gasteiger partial charge on any atom is 0.142 e. The Bertz CT molecular complexity index is 638. The van der Waals surface area contributed by atoms with E-state index < -0.39 is 0 Å². The predicted molar refractivity (Wildman–Crippen MR) is 86.5 cm³/mol. The summed E-state index contributed by atoms with van der Waals surface area (Å²) in [7, 11) is 2.00. The summed E-state index contributed by atoms with van der Waals surface area (Å²) in [4.78, 5) is 4.29. The molecular formula is C16H20BrN3O. The lowest BCUT2D eigenvalue weighted by atomic mass is 9.95. The number of hydrogen-bond donors (Lipinski definition) is 1. The van der Waals surface area contributed by atoms with Crippen molar-refractivity contribution >= 4 is 15.9 Å². The Balaban J connectivity index is 1.97. The van der Waals surface area contributed by atoms with Crippen LogP contribution in [0.5, 0.6) is 5.75 Å². The van der Waals surface area contributed by atoms with Gasteiger partial charge in [0.05, 0.1) is 18.2 Å². The first kappa shape index (κ1) is 14.6. The van der Waals surface area contributed by atoms with Gasteiger partial charge in [-0.25, -0.2) is 4.98 Å². The van der Waals surface area contributed by atoms with Crippen molar-refractivity contribution in [3.63, 3.8) is 0 Å². The number of halogens is 1. The molecule has 1 aliphatic rings. The van der Waals surface area contributed by atoms with E-state index in [-0.39, 0.29) is 12.1 Å². The largest absolute Gasteiger partial charge is 0.484 e. The molecule has 0 saturated carbocycles. The highest BCUT2D eigenvalue weighted by molar-refractivity contribution is 9.10. The molecule has 1 N–H and O–H groups in total. The molecule has 0 radical (unpaired) electrons. The van der Waals surface area contributed by atoms with Crippen molar-refractivity contribution in [3.8, 4) is 5.75 Å². The predicted octanol–water partition coefficient (Wildman–Crippen LogP) is 4.01. The summed E-state index contributed by atoms with van der Waals surface area (Å²) in [5, 5.41) is 3.40. The van der Waals surface area contributed by atoms with E-state index in [2.05, 4.69) is 50.7 Å². The van der Waals surface area contributed by atoms with Gasteiger partial charge in [0.25, 0.3) is 0 Å². The third-order valence-corrected chi connectivity index (χ3v) is 4.49. The van der Waals surface area contributed by atoms with Gasteiger partial charge in [-0.15, -0.1) is 0 Å². The highest BCUT2D eigenvalue weighted by Crippen LogP contribution is 2.41. The fraction of sp³-hybridized carbons (Fsp3) is 0.438. The number of nitrogens with one attached hydrogen (secondary N) is 1. The topological polar surface area (TPSA) is 39.1 Å². The normalized spacial score (nSPS) is 21.2. The average molecular weight is 350 g/mol. The molecule has 1 aromatic heterocycles. The van der Waals surface area contributed by atoms with Gasteiger partial charge in [0.1, 0.15) is 11.9 Å². The molecule has 3 rings (SSSR count). The molecule has 0 bridgehead atoms. The molecule has 0 saturated heterocycles. The van der Waals surface area contributed by atoms with Gasteiger partial charge in [-0.1, -0.05) is 15.9 Å². The molecule has 2 heterocycles. The van der Waals surface area contributed by atoms with Gasteiger partial charge in [0.15, 0.2) is 0 Å². The van der Waals surface area contributed by atoms with Crippen LogP contribution in [-0.4, -0.2) is 16.6 Å². The second-order valence-corrected chi connectivity index (χ2v) is 6.60. The van der Waals surface area contributed by atoms with E-state index in [1.807, 2.05) is 31.7 Å².